The van der Waals surface area contributed by atoms with Crippen LogP contribution in [0.25, 0.3) is 0 Å². The van der Waals surface area contributed by atoms with E-state index < -0.39 is 10.0 Å². The van der Waals surface area contributed by atoms with Crippen molar-refractivity contribution in [2.75, 3.05) is 45.1 Å². The van der Waals surface area contributed by atoms with Crippen LogP contribution in [0.3, 0.4) is 0 Å². The topological polar surface area (TPSA) is 83.0 Å². The summed E-state index contributed by atoms with van der Waals surface area (Å²) in [6, 6.07) is 0. The van der Waals surface area contributed by atoms with Gasteiger partial charge in [-0.2, -0.15) is 0 Å². The molecule has 2 saturated heterocycles. The third-order valence-electron chi connectivity index (χ3n) is 6.04. The molecule has 0 aromatic rings. The zero-order valence-corrected chi connectivity index (χ0v) is 20.2. The van der Waals surface area contributed by atoms with E-state index in [1.807, 2.05) is 0 Å². The molecule has 2 heterocycles. The Balaban J connectivity index is 0.00000280. The molecule has 0 aromatic carbocycles. The molecule has 3 unspecified atom stereocenters. The normalized spacial score (nSPS) is 28.5. The maximum absolute atomic E-state index is 12.3. The van der Waals surface area contributed by atoms with Crippen LogP contribution in [0.5, 0.6) is 0 Å². The van der Waals surface area contributed by atoms with Crippen LogP contribution in [-0.4, -0.2) is 70.5 Å². The van der Waals surface area contributed by atoms with Crippen molar-refractivity contribution < 1.29 is 13.2 Å². The van der Waals surface area contributed by atoms with Gasteiger partial charge in [-0.05, 0) is 50.9 Å². The summed E-state index contributed by atoms with van der Waals surface area (Å²) in [4.78, 5) is 6.95. The number of fused-ring (bicyclic) bond motifs is 1. The average molecular weight is 529 g/mol. The molecule has 2 aliphatic heterocycles. The zero-order valence-electron chi connectivity index (χ0n) is 17.1. The third-order valence-corrected chi connectivity index (χ3v) is 7.36. The van der Waals surface area contributed by atoms with Crippen molar-refractivity contribution >= 4 is 40.0 Å². The van der Waals surface area contributed by atoms with Gasteiger partial charge in [-0.15, -0.1) is 24.0 Å². The molecule has 3 aliphatic rings. The van der Waals surface area contributed by atoms with Gasteiger partial charge in [0, 0.05) is 32.8 Å². The second-order valence-electron chi connectivity index (χ2n) is 8.10. The summed E-state index contributed by atoms with van der Waals surface area (Å²) >= 11 is 0. The van der Waals surface area contributed by atoms with Crippen LogP contribution in [0.1, 0.15) is 51.9 Å². The van der Waals surface area contributed by atoms with Gasteiger partial charge in [-0.25, -0.2) is 13.1 Å². The minimum Gasteiger partial charge on any atom is -0.377 e. The van der Waals surface area contributed by atoms with Gasteiger partial charge in [0.05, 0.1) is 18.4 Å². The van der Waals surface area contributed by atoms with E-state index in [4.69, 9.17) is 4.74 Å². The van der Waals surface area contributed by atoms with Gasteiger partial charge in [-0.1, -0.05) is 12.8 Å². The van der Waals surface area contributed by atoms with E-state index in [9.17, 15) is 8.42 Å². The highest BCUT2D eigenvalue weighted by atomic mass is 127. The molecule has 0 bridgehead atoms. The first-order valence-corrected chi connectivity index (χ1v) is 12.3. The van der Waals surface area contributed by atoms with Crippen molar-refractivity contribution in [1.82, 2.24) is 14.9 Å². The van der Waals surface area contributed by atoms with Crippen LogP contribution in [0.4, 0.5) is 0 Å². The van der Waals surface area contributed by atoms with Gasteiger partial charge in [0.15, 0.2) is 5.96 Å². The summed E-state index contributed by atoms with van der Waals surface area (Å²) in [5, 5.41) is 3.34. The quantitative estimate of drug-likeness (QED) is 0.301. The Hall–Kier alpha value is -0.130. The minimum atomic E-state index is -3.32. The number of aliphatic imine (C=N–C) groups is 1. The second-order valence-corrected chi connectivity index (χ2v) is 10.0. The molecule has 3 fully saturated rings. The molecule has 0 amide bonds. The maximum Gasteiger partial charge on any atom is 0.213 e. The molecule has 0 spiro atoms. The third kappa shape index (κ3) is 7.28. The van der Waals surface area contributed by atoms with Crippen molar-refractivity contribution in [3.63, 3.8) is 0 Å². The number of nitrogens with one attached hydrogen (secondary N) is 2. The van der Waals surface area contributed by atoms with Crippen LogP contribution in [0, 0.1) is 11.8 Å². The van der Waals surface area contributed by atoms with E-state index in [1.54, 1.807) is 0 Å². The Morgan fingerprint density at radius 1 is 1.11 bits per heavy atom. The van der Waals surface area contributed by atoms with Crippen LogP contribution in [-0.2, 0) is 14.8 Å². The molecule has 3 rings (SSSR count). The molecule has 7 nitrogen and oxygen atoms in total. The van der Waals surface area contributed by atoms with Crippen LogP contribution >= 0.6 is 24.0 Å². The number of hydrogen-bond donors (Lipinski definition) is 2. The van der Waals surface area contributed by atoms with Gasteiger partial charge >= 0.3 is 0 Å². The van der Waals surface area contributed by atoms with E-state index in [-0.39, 0.29) is 42.4 Å². The zero-order chi connectivity index (χ0) is 19.1. The molecule has 2 N–H and O–H groups in total. The molecule has 9 heteroatoms. The lowest BCUT2D eigenvalue weighted by atomic mass is 9.82. The average Bonchev–Trinajstić information content (AvgIpc) is 3.11. The Morgan fingerprint density at radius 3 is 2.39 bits per heavy atom. The first-order valence-electron chi connectivity index (χ1n) is 10.7. The van der Waals surface area contributed by atoms with Gasteiger partial charge < -0.3 is 15.0 Å². The number of hydrogen-bond acceptors (Lipinski definition) is 4. The van der Waals surface area contributed by atoms with Gasteiger partial charge in [-0.3, -0.25) is 4.99 Å². The van der Waals surface area contributed by atoms with E-state index >= 15 is 0 Å². The SMILES string of the molecule is CCNC(=NCCS(=O)(=O)NCC1CCCCO1)N1CC2CCCCC2C1.I. The van der Waals surface area contributed by atoms with Crippen LogP contribution in [0.2, 0.25) is 0 Å². The number of halogens is 1. The Bertz CT molecular complexity index is 582. The maximum atomic E-state index is 12.3. The number of rotatable bonds is 7. The smallest absolute Gasteiger partial charge is 0.213 e. The molecule has 1 aliphatic carbocycles. The first-order chi connectivity index (χ1) is 13.1. The van der Waals surface area contributed by atoms with E-state index in [0.29, 0.717) is 6.54 Å². The van der Waals surface area contributed by atoms with Crippen molar-refractivity contribution in [3.8, 4) is 0 Å². The molecule has 164 valence electrons. The highest BCUT2D eigenvalue weighted by Crippen LogP contribution is 2.35. The molecule has 1 saturated carbocycles. The molecule has 0 aromatic heterocycles. The monoisotopic (exact) mass is 528 g/mol. The Kier molecular flexibility index (Phi) is 10.3. The van der Waals surface area contributed by atoms with Gasteiger partial charge in [0.25, 0.3) is 0 Å². The molecule has 3 atom stereocenters. The van der Waals surface area contributed by atoms with Gasteiger partial charge in [0.1, 0.15) is 0 Å². The number of sulfonamides is 1. The molecule has 0 radical (unpaired) electrons. The predicted molar refractivity (Wildman–Crippen MR) is 124 cm³/mol. The molecular weight excluding hydrogens is 491 g/mol. The lowest BCUT2D eigenvalue weighted by Gasteiger charge is -2.23. The van der Waals surface area contributed by atoms with E-state index in [0.717, 1.165) is 63.3 Å². The predicted octanol–water partition coefficient (Wildman–Crippen LogP) is 2.18. The van der Waals surface area contributed by atoms with Crippen LogP contribution < -0.4 is 10.0 Å². The van der Waals surface area contributed by atoms with E-state index in [1.165, 1.54) is 25.7 Å². The molecule has 28 heavy (non-hydrogen) atoms. The summed E-state index contributed by atoms with van der Waals surface area (Å²) in [7, 11) is -3.32. The van der Waals surface area contributed by atoms with Gasteiger partial charge in [0.2, 0.25) is 10.0 Å². The van der Waals surface area contributed by atoms with Crippen molar-refractivity contribution in [2.45, 2.75) is 58.0 Å². The number of nitrogens with zero attached hydrogens (tertiary/aromatic N) is 2. The lowest BCUT2D eigenvalue weighted by molar-refractivity contribution is 0.0200. The summed E-state index contributed by atoms with van der Waals surface area (Å²) in [5.41, 5.74) is 0. The minimum absolute atomic E-state index is 0. The van der Waals surface area contributed by atoms with E-state index in [2.05, 4.69) is 26.9 Å². The summed E-state index contributed by atoms with van der Waals surface area (Å²) in [5.74, 6) is 2.46. The highest BCUT2D eigenvalue weighted by Gasteiger charge is 2.35. The fourth-order valence-electron chi connectivity index (χ4n) is 4.54. The standard InChI is InChI=1S/C19H36N4O3S.HI/c1-2-20-19(23-14-16-7-3-4-8-17(16)15-23)21-10-12-27(24,25)22-13-18-9-5-6-11-26-18;/h16-18,22H,2-15H2,1H3,(H,20,21);1H. The highest BCUT2D eigenvalue weighted by molar-refractivity contribution is 14.0. The largest absolute Gasteiger partial charge is 0.377 e. The van der Waals surface area contributed by atoms with Crippen molar-refractivity contribution in [3.05, 3.63) is 0 Å². The summed E-state index contributed by atoms with van der Waals surface area (Å²) < 4.78 is 32.8. The number of guanidine groups is 1. The lowest BCUT2D eigenvalue weighted by Crippen LogP contribution is -2.41. The van der Waals surface area contributed by atoms with Crippen molar-refractivity contribution in [2.24, 2.45) is 16.8 Å². The Morgan fingerprint density at radius 2 is 1.79 bits per heavy atom. The first kappa shape index (κ1) is 24.1. The fourth-order valence-corrected chi connectivity index (χ4v) is 5.45. The van der Waals surface area contributed by atoms with Crippen LogP contribution in [0.15, 0.2) is 4.99 Å². The fraction of sp³-hybridized carbons (Fsp3) is 0.947. The molecular formula is C19H37IN4O3S. The summed E-state index contributed by atoms with van der Waals surface area (Å²) in [6.45, 7) is 6.37. The second kappa shape index (κ2) is 11.9. The number of ether oxygens (including phenoxy) is 1. The van der Waals surface area contributed by atoms with Crippen molar-refractivity contribution in [1.29, 1.82) is 0 Å². The summed E-state index contributed by atoms with van der Waals surface area (Å²) in [6.07, 6.45) is 8.47. The number of likely N-dealkylation sites (tertiary alicyclic amines) is 1. The Labute approximate surface area is 187 Å².